The van der Waals surface area contributed by atoms with Crippen molar-refractivity contribution in [2.45, 2.75) is 81.8 Å². The largest absolute Gasteiger partial charge is 0.497 e. The molecule has 8 heteroatoms. The molecule has 1 atom stereocenters. The number of hydrogen-bond donors (Lipinski definition) is 0. The number of piperidine rings is 1. The van der Waals surface area contributed by atoms with Gasteiger partial charge in [-0.15, -0.1) is 0 Å². The number of methoxy groups -OCH3 is 4. The van der Waals surface area contributed by atoms with Gasteiger partial charge in [-0.05, 0) is 152 Å². The summed E-state index contributed by atoms with van der Waals surface area (Å²) in [4.78, 5) is 12.4. The van der Waals surface area contributed by atoms with Crippen molar-refractivity contribution < 1.29 is 18.9 Å². The Morgan fingerprint density at radius 1 is 0.714 bits per heavy atom. The monoisotopic (exact) mass is 754 g/mol. The average molecular weight is 755 g/mol. The number of anilines is 1. The number of allylic oxidation sites excluding steroid dienone is 2. The van der Waals surface area contributed by atoms with Crippen LogP contribution in [0.1, 0.15) is 91.5 Å². The van der Waals surface area contributed by atoms with Crippen LogP contribution < -0.4 is 23.8 Å². The van der Waals surface area contributed by atoms with E-state index in [1.807, 2.05) is 6.20 Å². The van der Waals surface area contributed by atoms with Crippen molar-refractivity contribution >= 4 is 5.69 Å². The highest BCUT2D eigenvalue weighted by Crippen LogP contribution is 2.48. The number of rotatable bonds is 14. The average Bonchev–Trinajstić information content (AvgIpc) is 3.19. The van der Waals surface area contributed by atoms with Gasteiger partial charge in [-0.2, -0.15) is 0 Å². The molecule has 2 aliphatic heterocycles. The molecule has 8 rings (SSSR count). The number of likely N-dealkylation sites (N-methyl/N-ethyl adjacent to an activating group) is 1. The molecular weight excluding hydrogens is 697 g/mol. The molecule has 3 fully saturated rings. The molecule has 1 saturated heterocycles. The van der Waals surface area contributed by atoms with Crippen LogP contribution in [-0.4, -0.2) is 75.9 Å². The van der Waals surface area contributed by atoms with Crippen LogP contribution in [0.5, 0.6) is 23.0 Å². The van der Waals surface area contributed by atoms with Crippen molar-refractivity contribution in [1.29, 1.82) is 0 Å². The summed E-state index contributed by atoms with van der Waals surface area (Å²) in [6.45, 7) is 3.77. The van der Waals surface area contributed by atoms with Gasteiger partial charge in [-0.1, -0.05) is 18.9 Å². The standard InChI is InChI=1S/C48H58N4O4/c1-50-22-8-13-36(48(50)39-29-45(55-4)47(35-11-7-12-35)46(30-39)56-5)32-52(40-14-16-42(53-2)17-15-40)41-19-23-51(24-20-41)31-33-18-21-49-44(25-33)38-26-37(34-9-6-10-34)27-43(28-38)54-3/h8,13-18,21-22,25-30,34-35,41,48H,6-7,9-12,19-20,23-24,31-32H2,1-5H3. The Morgan fingerprint density at radius 2 is 1.41 bits per heavy atom. The van der Waals surface area contributed by atoms with Gasteiger partial charge < -0.3 is 28.7 Å². The van der Waals surface area contributed by atoms with Crippen molar-refractivity contribution in [3.05, 3.63) is 119 Å². The van der Waals surface area contributed by atoms with E-state index in [0.717, 1.165) is 73.3 Å². The molecule has 2 aliphatic carbocycles. The Kier molecular flexibility index (Phi) is 11.6. The maximum Gasteiger partial charge on any atom is 0.126 e. The zero-order valence-corrected chi connectivity index (χ0v) is 33.9. The van der Waals surface area contributed by atoms with E-state index in [0.29, 0.717) is 17.9 Å². The Hall–Kier alpha value is -4.95. The molecular formula is C48H58N4O4. The zero-order chi connectivity index (χ0) is 38.6. The van der Waals surface area contributed by atoms with Crippen molar-refractivity contribution in [2.75, 3.05) is 60.0 Å². The Labute approximate surface area is 333 Å². The lowest BCUT2D eigenvalue weighted by atomic mass is 9.78. The van der Waals surface area contributed by atoms with E-state index in [-0.39, 0.29) is 6.04 Å². The summed E-state index contributed by atoms with van der Waals surface area (Å²) in [7, 11) is 9.25. The van der Waals surface area contributed by atoms with Crippen LogP contribution in [0.2, 0.25) is 0 Å². The van der Waals surface area contributed by atoms with Crippen LogP contribution in [0.15, 0.2) is 96.9 Å². The van der Waals surface area contributed by atoms with E-state index in [2.05, 4.69) is 107 Å². The van der Waals surface area contributed by atoms with Crippen LogP contribution in [-0.2, 0) is 6.54 Å². The Morgan fingerprint density at radius 3 is 2.04 bits per heavy atom. The zero-order valence-electron chi connectivity index (χ0n) is 33.9. The molecule has 0 spiro atoms. The van der Waals surface area contributed by atoms with Crippen LogP contribution in [0.4, 0.5) is 5.69 Å². The van der Waals surface area contributed by atoms with Crippen molar-refractivity contribution in [2.24, 2.45) is 0 Å². The van der Waals surface area contributed by atoms with Crippen LogP contribution in [0.3, 0.4) is 0 Å². The third-order valence-corrected chi connectivity index (χ3v) is 12.8. The van der Waals surface area contributed by atoms with Crippen LogP contribution >= 0.6 is 0 Å². The molecule has 3 aromatic carbocycles. The van der Waals surface area contributed by atoms with E-state index >= 15 is 0 Å². The van der Waals surface area contributed by atoms with Gasteiger partial charge in [-0.25, -0.2) is 0 Å². The molecule has 0 N–H and O–H groups in total. The molecule has 8 nitrogen and oxygen atoms in total. The second-order valence-electron chi connectivity index (χ2n) is 16.1. The normalized spacial score (nSPS) is 19.2. The highest BCUT2D eigenvalue weighted by molar-refractivity contribution is 5.64. The SMILES string of the molecule is COc1ccc(N(CC2=CC=CN(C)C2c2cc(OC)c(C3CCC3)c(OC)c2)C2CCN(Cc3ccnc(-c4cc(OC)cc(C5CCC5)c4)c3)CC2)cc1. The van der Waals surface area contributed by atoms with Gasteiger partial charge in [0.15, 0.2) is 0 Å². The quantitative estimate of drug-likeness (QED) is 0.126. The summed E-state index contributed by atoms with van der Waals surface area (Å²) < 4.78 is 23.4. The highest BCUT2D eigenvalue weighted by atomic mass is 16.5. The fraction of sp³-hybridized carbons (Fsp3) is 0.438. The fourth-order valence-electron chi connectivity index (χ4n) is 9.19. The van der Waals surface area contributed by atoms with Gasteiger partial charge in [0.1, 0.15) is 23.0 Å². The lowest BCUT2D eigenvalue weighted by molar-refractivity contribution is 0.201. The lowest BCUT2D eigenvalue weighted by Crippen LogP contribution is -2.46. The number of likely N-dealkylation sites (tertiary alicyclic amines) is 1. The first-order valence-electron chi connectivity index (χ1n) is 20.6. The Bertz CT molecular complexity index is 2000. The molecule has 0 radical (unpaired) electrons. The third kappa shape index (κ3) is 7.99. The minimum Gasteiger partial charge on any atom is -0.497 e. The first kappa shape index (κ1) is 37.9. The minimum absolute atomic E-state index is 0.0503. The van der Waals surface area contributed by atoms with Crippen molar-refractivity contribution in [1.82, 2.24) is 14.8 Å². The van der Waals surface area contributed by atoms with Crippen LogP contribution in [0.25, 0.3) is 11.3 Å². The second-order valence-corrected chi connectivity index (χ2v) is 16.1. The minimum atomic E-state index is 0.0503. The van der Waals surface area contributed by atoms with E-state index in [1.54, 1.807) is 28.4 Å². The van der Waals surface area contributed by atoms with Crippen molar-refractivity contribution in [3.8, 4) is 34.3 Å². The summed E-state index contributed by atoms with van der Waals surface area (Å²) in [6.07, 6.45) is 18.3. The molecule has 0 bridgehead atoms. The van der Waals surface area contributed by atoms with Crippen molar-refractivity contribution in [3.63, 3.8) is 0 Å². The van der Waals surface area contributed by atoms with Gasteiger partial charge in [0.05, 0.1) is 40.2 Å². The topological polar surface area (TPSA) is 59.5 Å². The van der Waals surface area contributed by atoms with E-state index in [9.17, 15) is 0 Å². The number of hydrogen-bond acceptors (Lipinski definition) is 8. The molecule has 56 heavy (non-hydrogen) atoms. The van der Waals surface area contributed by atoms with Gasteiger partial charge in [0.2, 0.25) is 0 Å². The first-order chi connectivity index (χ1) is 27.4. The van der Waals surface area contributed by atoms with E-state index in [4.69, 9.17) is 23.9 Å². The number of benzene rings is 3. The summed E-state index contributed by atoms with van der Waals surface area (Å²) in [5, 5.41) is 0. The molecule has 2 saturated carbocycles. The van der Waals surface area contributed by atoms with E-state index < -0.39 is 0 Å². The number of nitrogens with zero attached hydrogens (tertiary/aromatic N) is 4. The molecule has 1 unspecified atom stereocenters. The van der Waals surface area contributed by atoms with Crippen LogP contribution in [0, 0.1) is 0 Å². The first-order valence-corrected chi connectivity index (χ1v) is 20.6. The number of pyridine rings is 1. The molecule has 294 valence electrons. The summed E-state index contributed by atoms with van der Waals surface area (Å²) >= 11 is 0. The van der Waals surface area contributed by atoms with Gasteiger partial charge in [0.25, 0.3) is 0 Å². The molecule has 0 amide bonds. The summed E-state index contributed by atoms with van der Waals surface area (Å²) in [5.41, 5.74) is 9.81. The third-order valence-electron chi connectivity index (χ3n) is 12.8. The maximum absolute atomic E-state index is 6.05. The molecule has 4 aromatic rings. The highest BCUT2D eigenvalue weighted by Gasteiger charge is 2.33. The van der Waals surface area contributed by atoms with Gasteiger partial charge in [-0.3, -0.25) is 9.88 Å². The van der Waals surface area contributed by atoms with Gasteiger partial charge >= 0.3 is 0 Å². The summed E-state index contributed by atoms with van der Waals surface area (Å²) in [6, 6.07) is 24.7. The predicted molar refractivity (Wildman–Crippen MR) is 225 cm³/mol. The second kappa shape index (κ2) is 17.0. The smallest absolute Gasteiger partial charge is 0.126 e. The number of aromatic nitrogens is 1. The predicted octanol–water partition coefficient (Wildman–Crippen LogP) is 9.92. The fourth-order valence-corrected chi connectivity index (χ4v) is 9.19. The van der Waals surface area contributed by atoms with E-state index in [1.165, 1.54) is 72.0 Å². The summed E-state index contributed by atoms with van der Waals surface area (Å²) in [5.74, 6) is 4.81. The maximum atomic E-state index is 6.05. The molecule has 3 heterocycles. The molecule has 1 aromatic heterocycles. The molecule has 4 aliphatic rings. The Balaban J connectivity index is 1.01. The number of ether oxygens (including phenoxy) is 4. The lowest BCUT2D eigenvalue weighted by Gasteiger charge is -2.42. The van der Waals surface area contributed by atoms with Gasteiger partial charge in [0, 0.05) is 62.3 Å².